The summed E-state index contributed by atoms with van der Waals surface area (Å²) in [5.41, 5.74) is -0.0194. The molecule has 88 valence electrons. The molecule has 0 N–H and O–H groups in total. The van der Waals surface area contributed by atoms with Gasteiger partial charge in [-0.05, 0) is 41.9 Å². The average molecular weight is 293 g/mol. The Bertz CT molecular complexity index is 405. The van der Waals surface area contributed by atoms with Crippen LogP contribution in [0.1, 0.15) is 36.2 Å². The van der Waals surface area contributed by atoms with Gasteiger partial charge < -0.3 is 4.74 Å². The Morgan fingerprint density at radius 2 is 2.12 bits per heavy atom. The van der Waals surface area contributed by atoms with Crippen molar-refractivity contribution in [2.45, 2.75) is 20.3 Å². The van der Waals surface area contributed by atoms with Crippen LogP contribution < -0.4 is 4.74 Å². The molecule has 0 spiro atoms. The van der Waals surface area contributed by atoms with Crippen LogP contribution in [0, 0.1) is 0 Å². The Labute approximate surface area is 101 Å². The van der Waals surface area contributed by atoms with Crippen LogP contribution in [0.15, 0.2) is 16.6 Å². The molecule has 0 amide bonds. The fourth-order valence-electron chi connectivity index (χ4n) is 1.29. The third-order valence-corrected chi connectivity index (χ3v) is 2.67. The Balaban J connectivity index is 3.31. The van der Waals surface area contributed by atoms with Gasteiger partial charge in [0.15, 0.2) is 5.78 Å². The van der Waals surface area contributed by atoms with Crippen LogP contribution in [-0.2, 0) is 0 Å². The molecule has 0 heterocycles. The Morgan fingerprint density at radius 3 is 2.56 bits per heavy atom. The fourth-order valence-corrected chi connectivity index (χ4v) is 1.89. The number of benzene rings is 1. The quantitative estimate of drug-likeness (QED) is 0.785. The van der Waals surface area contributed by atoms with Crippen molar-refractivity contribution >= 4 is 21.7 Å². The maximum Gasteiger partial charge on any atom is 0.267 e. The second kappa shape index (κ2) is 5.39. The number of rotatable bonds is 4. The van der Waals surface area contributed by atoms with Gasteiger partial charge in [0.1, 0.15) is 5.75 Å². The number of hydrogen-bond donors (Lipinski definition) is 0. The molecule has 1 rings (SSSR count). The van der Waals surface area contributed by atoms with Crippen molar-refractivity contribution in [2.75, 3.05) is 6.61 Å². The van der Waals surface area contributed by atoms with Crippen LogP contribution in [0.2, 0.25) is 0 Å². The molecule has 0 aliphatic rings. The maximum absolute atomic E-state index is 12.7. The summed E-state index contributed by atoms with van der Waals surface area (Å²) in [5.74, 6) is -0.161. The van der Waals surface area contributed by atoms with Gasteiger partial charge >= 0.3 is 0 Å². The Morgan fingerprint density at radius 1 is 1.50 bits per heavy atom. The molecular formula is C11H11BrF2O2. The Hall–Kier alpha value is -0.970. The molecule has 0 radical (unpaired) electrons. The van der Waals surface area contributed by atoms with E-state index in [1.54, 1.807) is 6.92 Å². The van der Waals surface area contributed by atoms with E-state index < -0.39 is 6.43 Å². The minimum absolute atomic E-state index is 0.106. The standard InChI is InChI=1S/C11H11BrF2O2/c1-3-16-10-5-9(12)7(6(2)15)4-8(10)11(13)14/h4-5,11H,3H2,1-2H3. The van der Waals surface area contributed by atoms with Crippen LogP contribution >= 0.6 is 15.9 Å². The van der Waals surface area contributed by atoms with Crippen molar-refractivity contribution in [3.63, 3.8) is 0 Å². The zero-order valence-electron chi connectivity index (χ0n) is 8.89. The summed E-state index contributed by atoms with van der Waals surface area (Å²) in [7, 11) is 0. The lowest BCUT2D eigenvalue weighted by molar-refractivity contribution is 0.101. The van der Waals surface area contributed by atoms with Gasteiger partial charge in [0, 0.05) is 10.0 Å². The lowest BCUT2D eigenvalue weighted by Gasteiger charge is -2.12. The van der Waals surface area contributed by atoms with Crippen molar-refractivity contribution in [2.24, 2.45) is 0 Å². The predicted octanol–water partition coefficient (Wildman–Crippen LogP) is 3.99. The molecule has 2 nitrogen and oxygen atoms in total. The number of carbonyl (C=O) groups excluding carboxylic acids is 1. The van der Waals surface area contributed by atoms with Gasteiger partial charge in [-0.2, -0.15) is 0 Å². The summed E-state index contributed by atoms with van der Waals surface area (Å²) in [6, 6.07) is 2.57. The SMILES string of the molecule is CCOc1cc(Br)c(C(C)=O)cc1C(F)F. The number of ether oxygens (including phenoxy) is 1. The molecule has 0 fully saturated rings. The van der Waals surface area contributed by atoms with E-state index in [0.717, 1.165) is 0 Å². The Kier molecular flexibility index (Phi) is 4.41. The first-order valence-electron chi connectivity index (χ1n) is 4.72. The molecule has 1 aromatic rings. The fraction of sp³-hybridized carbons (Fsp3) is 0.364. The van der Waals surface area contributed by atoms with E-state index in [-0.39, 0.29) is 22.7 Å². The maximum atomic E-state index is 12.7. The average Bonchev–Trinajstić information content (AvgIpc) is 2.17. The summed E-state index contributed by atoms with van der Waals surface area (Å²) >= 11 is 3.16. The molecule has 0 bridgehead atoms. The summed E-state index contributed by atoms with van der Waals surface area (Å²) in [6.45, 7) is 3.34. The first-order valence-corrected chi connectivity index (χ1v) is 5.52. The van der Waals surface area contributed by atoms with Crippen LogP contribution in [0.3, 0.4) is 0 Å². The summed E-state index contributed by atoms with van der Waals surface area (Å²) in [4.78, 5) is 11.2. The lowest BCUT2D eigenvalue weighted by atomic mass is 10.1. The minimum Gasteiger partial charge on any atom is -0.493 e. The molecule has 0 atom stereocenters. The largest absolute Gasteiger partial charge is 0.493 e. The van der Waals surface area contributed by atoms with Crippen molar-refractivity contribution < 1.29 is 18.3 Å². The third-order valence-electron chi connectivity index (χ3n) is 2.01. The highest BCUT2D eigenvalue weighted by atomic mass is 79.9. The monoisotopic (exact) mass is 292 g/mol. The van der Waals surface area contributed by atoms with E-state index in [4.69, 9.17) is 4.74 Å². The lowest BCUT2D eigenvalue weighted by Crippen LogP contribution is -2.02. The van der Waals surface area contributed by atoms with Gasteiger partial charge in [0.25, 0.3) is 6.43 Å². The molecular weight excluding hydrogens is 282 g/mol. The van der Waals surface area contributed by atoms with Gasteiger partial charge in [-0.3, -0.25) is 4.79 Å². The zero-order valence-corrected chi connectivity index (χ0v) is 10.5. The number of ketones is 1. The molecule has 0 saturated carbocycles. The van der Waals surface area contributed by atoms with Crippen LogP contribution in [-0.4, -0.2) is 12.4 Å². The van der Waals surface area contributed by atoms with E-state index in [1.807, 2.05) is 0 Å². The van der Waals surface area contributed by atoms with Crippen molar-refractivity contribution in [3.8, 4) is 5.75 Å². The van der Waals surface area contributed by atoms with Gasteiger partial charge in [-0.15, -0.1) is 0 Å². The van der Waals surface area contributed by atoms with Crippen molar-refractivity contribution in [1.29, 1.82) is 0 Å². The van der Waals surface area contributed by atoms with E-state index in [1.165, 1.54) is 19.1 Å². The summed E-state index contributed by atoms with van der Waals surface area (Å²) in [6.07, 6.45) is -2.66. The molecule has 16 heavy (non-hydrogen) atoms. The van der Waals surface area contributed by atoms with Gasteiger partial charge in [0.2, 0.25) is 0 Å². The second-order valence-corrected chi connectivity index (χ2v) is 4.01. The number of halogens is 3. The van der Waals surface area contributed by atoms with Gasteiger partial charge in [-0.25, -0.2) is 8.78 Å². The van der Waals surface area contributed by atoms with Crippen LogP contribution in [0.25, 0.3) is 0 Å². The highest BCUT2D eigenvalue weighted by Crippen LogP contribution is 2.34. The first-order chi connectivity index (χ1) is 7.47. The smallest absolute Gasteiger partial charge is 0.267 e. The van der Waals surface area contributed by atoms with E-state index >= 15 is 0 Å². The van der Waals surface area contributed by atoms with E-state index in [0.29, 0.717) is 11.1 Å². The number of hydrogen-bond acceptors (Lipinski definition) is 2. The zero-order chi connectivity index (χ0) is 12.3. The molecule has 0 saturated heterocycles. The predicted molar refractivity (Wildman–Crippen MR) is 60.3 cm³/mol. The second-order valence-electron chi connectivity index (χ2n) is 3.16. The van der Waals surface area contributed by atoms with Crippen LogP contribution in [0.4, 0.5) is 8.78 Å². The highest BCUT2D eigenvalue weighted by molar-refractivity contribution is 9.10. The normalized spacial score (nSPS) is 10.6. The van der Waals surface area contributed by atoms with Crippen molar-refractivity contribution in [3.05, 3.63) is 27.7 Å². The number of carbonyl (C=O) groups is 1. The third kappa shape index (κ3) is 2.78. The summed E-state index contributed by atoms with van der Waals surface area (Å²) < 4.78 is 31.0. The molecule has 0 unspecified atom stereocenters. The van der Waals surface area contributed by atoms with Gasteiger partial charge in [-0.1, -0.05) is 0 Å². The molecule has 0 aliphatic heterocycles. The molecule has 0 aliphatic carbocycles. The number of alkyl halides is 2. The summed E-state index contributed by atoms with van der Waals surface area (Å²) in [5, 5.41) is 0. The van der Waals surface area contributed by atoms with E-state index in [2.05, 4.69) is 15.9 Å². The van der Waals surface area contributed by atoms with Crippen molar-refractivity contribution in [1.82, 2.24) is 0 Å². The van der Waals surface area contributed by atoms with E-state index in [9.17, 15) is 13.6 Å². The van der Waals surface area contributed by atoms with Gasteiger partial charge in [0.05, 0.1) is 12.2 Å². The minimum atomic E-state index is -2.66. The van der Waals surface area contributed by atoms with Crippen LogP contribution in [0.5, 0.6) is 5.75 Å². The molecule has 5 heteroatoms. The molecule has 0 aromatic heterocycles. The molecule has 1 aromatic carbocycles. The first kappa shape index (κ1) is 13.1. The highest BCUT2D eigenvalue weighted by Gasteiger charge is 2.18. The topological polar surface area (TPSA) is 26.3 Å². The number of Topliss-reactive ketones (excluding diaryl/α,β-unsaturated/α-hetero) is 1.